The molecule has 1 unspecified atom stereocenters. The van der Waals surface area contributed by atoms with Crippen LogP contribution in [0, 0.1) is 10.1 Å². The largest absolute Gasteiger partial charge is 0.393 e. The summed E-state index contributed by atoms with van der Waals surface area (Å²) in [6.45, 7) is 4.31. The highest BCUT2D eigenvalue weighted by Crippen LogP contribution is 2.29. The molecule has 116 valence electrons. The second-order valence-corrected chi connectivity index (χ2v) is 4.85. The number of anilines is 1. The smallest absolute Gasteiger partial charge is 0.305 e. The molecule has 1 rings (SSSR count). The first-order valence-electron chi connectivity index (χ1n) is 6.83. The van der Waals surface area contributed by atoms with Crippen LogP contribution in [0.2, 0.25) is 0 Å². The third-order valence-corrected chi connectivity index (χ3v) is 3.05. The molecule has 1 aromatic carbocycles. The van der Waals surface area contributed by atoms with Crippen molar-refractivity contribution >= 4 is 17.3 Å². The number of amides is 1. The number of carbonyl (C=O) groups is 1. The highest BCUT2D eigenvalue weighted by Gasteiger charge is 2.26. The molecule has 0 heterocycles. The molecule has 0 aromatic heterocycles. The van der Waals surface area contributed by atoms with Crippen molar-refractivity contribution in [2.24, 2.45) is 0 Å². The lowest BCUT2D eigenvalue weighted by Gasteiger charge is -2.18. The number of para-hydroxylation sites is 1. The molecule has 0 saturated carbocycles. The Kier molecular flexibility index (Phi) is 6.10. The van der Waals surface area contributed by atoms with Crippen molar-refractivity contribution < 1.29 is 14.8 Å². The predicted molar refractivity (Wildman–Crippen MR) is 80.5 cm³/mol. The number of hydrogen-bond donors (Lipinski definition) is 2. The maximum atomic E-state index is 12.4. The van der Waals surface area contributed by atoms with Gasteiger partial charge in [0, 0.05) is 20.1 Å². The molecule has 0 aliphatic heterocycles. The predicted octanol–water partition coefficient (Wildman–Crippen LogP) is 1.87. The van der Waals surface area contributed by atoms with Crippen LogP contribution in [0.25, 0.3) is 0 Å². The van der Waals surface area contributed by atoms with Crippen molar-refractivity contribution in [3.8, 4) is 0 Å². The minimum absolute atomic E-state index is 0.0477. The molecular weight excluding hydrogens is 274 g/mol. The van der Waals surface area contributed by atoms with Gasteiger partial charge in [0.25, 0.3) is 5.91 Å². The number of nitro groups is 1. The van der Waals surface area contributed by atoms with E-state index in [-0.39, 0.29) is 11.3 Å². The number of aliphatic hydroxyl groups excluding tert-OH is 1. The molecule has 0 radical (unpaired) electrons. The van der Waals surface area contributed by atoms with Gasteiger partial charge in [-0.25, -0.2) is 0 Å². The summed E-state index contributed by atoms with van der Waals surface area (Å²) in [6.07, 6.45) is -0.105. The zero-order valence-electron chi connectivity index (χ0n) is 12.5. The van der Waals surface area contributed by atoms with E-state index in [1.165, 1.54) is 11.0 Å². The minimum atomic E-state index is -0.548. The van der Waals surface area contributed by atoms with Gasteiger partial charge in [0.1, 0.15) is 11.3 Å². The van der Waals surface area contributed by atoms with E-state index in [0.29, 0.717) is 25.2 Å². The van der Waals surface area contributed by atoms with E-state index in [9.17, 15) is 20.0 Å². The van der Waals surface area contributed by atoms with Crippen molar-refractivity contribution in [1.82, 2.24) is 4.90 Å². The molecule has 1 atom stereocenters. The van der Waals surface area contributed by atoms with Crippen LogP contribution < -0.4 is 5.32 Å². The lowest BCUT2D eigenvalue weighted by atomic mass is 10.1. The van der Waals surface area contributed by atoms with E-state index in [2.05, 4.69) is 5.32 Å². The molecule has 0 aliphatic carbocycles. The molecule has 1 amide bonds. The van der Waals surface area contributed by atoms with Crippen LogP contribution in [-0.2, 0) is 0 Å². The first-order valence-corrected chi connectivity index (χ1v) is 6.83. The van der Waals surface area contributed by atoms with Crippen molar-refractivity contribution in [1.29, 1.82) is 0 Å². The number of rotatable bonds is 7. The number of benzene rings is 1. The minimum Gasteiger partial charge on any atom is -0.393 e. The summed E-state index contributed by atoms with van der Waals surface area (Å²) in [4.78, 5) is 24.4. The molecule has 21 heavy (non-hydrogen) atoms. The number of hydrogen-bond acceptors (Lipinski definition) is 5. The van der Waals surface area contributed by atoms with Crippen LogP contribution >= 0.6 is 0 Å². The fourth-order valence-electron chi connectivity index (χ4n) is 1.93. The average Bonchev–Trinajstić information content (AvgIpc) is 2.43. The van der Waals surface area contributed by atoms with Gasteiger partial charge >= 0.3 is 5.69 Å². The van der Waals surface area contributed by atoms with Gasteiger partial charge in [-0.15, -0.1) is 0 Å². The third-order valence-electron chi connectivity index (χ3n) is 3.05. The first-order chi connectivity index (χ1) is 9.88. The second kappa shape index (κ2) is 7.58. The van der Waals surface area contributed by atoms with Crippen LogP contribution in [0.1, 0.15) is 30.6 Å². The van der Waals surface area contributed by atoms with Crippen LogP contribution in [0.5, 0.6) is 0 Å². The van der Waals surface area contributed by atoms with Gasteiger partial charge in [-0.3, -0.25) is 14.9 Å². The summed E-state index contributed by atoms with van der Waals surface area (Å²) >= 11 is 0. The lowest BCUT2D eigenvalue weighted by Crippen LogP contribution is -2.30. The Morgan fingerprint density at radius 3 is 2.71 bits per heavy atom. The van der Waals surface area contributed by atoms with E-state index in [4.69, 9.17) is 0 Å². The highest BCUT2D eigenvalue weighted by molar-refractivity contribution is 6.00. The number of nitrogens with zero attached hydrogens (tertiary/aromatic N) is 2. The van der Waals surface area contributed by atoms with E-state index in [1.54, 1.807) is 26.1 Å². The average molecular weight is 295 g/mol. The SMILES string of the molecule is CCNc1cccc(C(=O)N(C)CCC(C)O)c1[N+](=O)[O-]. The zero-order chi connectivity index (χ0) is 16.0. The maximum absolute atomic E-state index is 12.4. The quantitative estimate of drug-likeness (QED) is 0.591. The summed E-state index contributed by atoms with van der Waals surface area (Å²) in [6, 6.07) is 4.63. The number of nitrogens with one attached hydrogen (secondary N) is 1. The van der Waals surface area contributed by atoms with Crippen molar-refractivity contribution in [2.45, 2.75) is 26.4 Å². The summed E-state index contributed by atoms with van der Waals surface area (Å²) in [5.74, 6) is -0.429. The highest BCUT2D eigenvalue weighted by atomic mass is 16.6. The van der Waals surface area contributed by atoms with Gasteiger partial charge in [0.05, 0.1) is 11.0 Å². The maximum Gasteiger partial charge on any atom is 0.305 e. The molecule has 7 heteroatoms. The Morgan fingerprint density at radius 1 is 1.52 bits per heavy atom. The van der Waals surface area contributed by atoms with Crippen molar-refractivity contribution in [3.63, 3.8) is 0 Å². The van der Waals surface area contributed by atoms with Crippen LogP contribution in [0.4, 0.5) is 11.4 Å². The topological polar surface area (TPSA) is 95.7 Å². The van der Waals surface area contributed by atoms with Gasteiger partial charge in [-0.2, -0.15) is 0 Å². The molecule has 0 spiro atoms. The van der Waals surface area contributed by atoms with E-state index in [0.717, 1.165) is 0 Å². The van der Waals surface area contributed by atoms with Gasteiger partial charge in [0.2, 0.25) is 0 Å². The first kappa shape index (κ1) is 16.9. The van der Waals surface area contributed by atoms with Crippen LogP contribution in [0.15, 0.2) is 18.2 Å². The summed E-state index contributed by atoms with van der Waals surface area (Å²) in [7, 11) is 1.56. The van der Waals surface area contributed by atoms with Crippen LogP contribution in [0.3, 0.4) is 0 Å². The molecule has 2 N–H and O–H groups in total. The van der Waals surface area contributed by atoms with E-state index in [1.807, 2.05) is 6.92 Å². The summed E-state index contributed by atoms with van der Waals surface area (Å²) in [5.41, 5.74) is 0.164. The fourth-order valence-corrected chi connectivity index (χ4v) is 1.93. The van der Waals surface area contributed by atoms with Crippen molar-refractivity contribution in [3.05, 3.63) is 33.9 Å². The van der Waals surface area contributed by atoms with Gasteiger partial charge in [0.15, 0.2) is 0 Å². The van der Waals surface area contributed by atoms with E-state index >= 15 is 0 Å². The Balaban J connectivity index is 3.08. The normalized spacial score (nSPS) is 11.8. The monoisotopic (exact) mass is 295 g/mol. The molecule has 0 saturated heterocycles. The summed E-state index contributed by atoms with van der Waals surface area (Å²) < 4.78 is 0. The Morgan fingerprint density at radius 2 is 2.19 bits per heavy atom. The van der Waals surface area contributed by atoms with Gasteiger partial charge < -0.3 is 15.3 Å². The second-order valence-electron chi connectivity index (χ2n) is 4.85. The van der Waals surface area contributed by atoms with Crippen LogP contribution in [-0.4, -0.2) is 47.1 Å². The van der Waals surface area contributed by atoms with Crippen molar-refractivity contribution in [2.75, 3.05) is 25.5 Å². The fraction of sp³-hybridized carbons (Fsp3) is 0.500. The summed E-state index contributed by atoms with van der Waals surface area (Å²) in [5, 5.41) is 23.4. The number of nitro benzene ring substituents is 1. The Hall–Kier alpha value is -2.15. The van der Waals surface area contributed by atoms with Gasteiger partial charge in [-0.05, 0) is 32.4 Å². The molecular formula is C14H21N3O4. The zero-order valence-corrected chi connectivity index (χ0v) is 12.5. The third kappa shape index (κ3) is 4.42. The Labute approximate surface area is 123 Å². The Bertz CT molecular complexity index is 517. The van der Waals surface area contributed by atoms with E-state index < -0.39 is 16.9 Å². The van der Waals surface area contributed by atoms with Gasteiger partial charge in [-0.1, -0.05) is 6.07 Å². The lowest BCUT2D eigenvalue weighted by molar-refractivity contribution is -0.384. The molecule has 0 fully saturated rings. The molecule has 0 aliphatic rings. The molecule has 7 nitrogen and oxygen atoms in total. The standard InChI is InChI=1S/C14H21N3O4/c1-4-15-12-7-5-6-11(13(12)17(20)21)14(19)16(3)9-8-10(2)18/h5-7,10,15,18H,4,8-9H2,1-3H3. The molecule has 0 bridgehead atoms. The number of carbonyl (C=O) groups excluding carboxylic acids is 1. The molecule has 1 aromatic rings. The number of aliphatic hydroxyl groups is 1.